The third kappa shape index (κ3) is 1.37. The summed E-state index contributed by atoms with van der Waals surface area (Å²) in [5, 5.41) is 11.4. The summed E-state index contributed by atoms with van der Waals surface area (Å²) in [6.45, 7) is 9.23. The van der Waals surface area contributed by atoms with E-state index < -0.39 is 0 Å². The topological polar surface area (TPSA) is 46.8 Å². The molecule has 0 unspecified atom stereocenters. The van der Waals surface area contributed by atoms with E-state index in [0.29, 0.717) is 11.6 Å². The third-order valence-corrected chi connectivity index (χ3v) is 3.77. The number of rotatable bonds is 1. The lowest BCUT2D eigenvalue weighted by atomic mass is 10.1. The van der Waals surface area contributed by atoms with Crippen LogP contribution in [0.3, 0.4) is 0 Å². The Morgan fingerprint density at radius 2 is 1.87 bits per heavy atom. The van der Waals surface area contributed by atoms with Crippen molar-refractivity contribution in [2.45, 2.75) is 32.4 Å². The average Bonchev–Trinajstić information content (AvgIpc) is 2.63. The van der Waals surface area contributed by atoms with Crippen molar-refractivity contribution in [3.05, 3.63) is 6.33 Å². The Hall–Kier alpha value is -0.970. The fourth-order valence-corrected chi connectivity index (χ4v) is 2.74. The van der Waals surface area contributed by atoms with E-state index in [4.69, 9.17) is 0 Å². The highest BCUT2D eigenvalue weighted by atomic mass is 15.5. The van der Waals surface area contributed by atoms with Crippen molar-refractivity contribution in [3.8, 4) is 0 Å². The molecule has 15 heavy (non-hydrogen) atoms. The van der Waals surface area contributed by atoms with Crippen LogP contribution in [0.15, 0.2) is 6.33 Å². The van der Waals surface area contributed by atoms with Gasteiger partial charge in [0.2, 0.25) is 0 Å². The molecule has 3 rings (SSSR count). The fraction of sp³-hybridized carbons (Fsp3) is 0.900. The second-order valence-corrected chi connectivity index (χ2v) is 5.68. The van der Waals surface area contributed by atoms with Crippen LogP contribution < -0.4 is 0 Å². The minimum Gasteiger partial charge on any atom is -0.298 e. The molecule has 0 spiro atoms. The first kappa shape index (κ1) is 9.27. The number of fused-ring (bicyclic) bond motifs is 1. The molecule has 82 valence electrons. The van der Waals surface area contributed by atoms with E-state index in [0.717, 1.165) is 11.8 Å². The summed E-state index contributed by atoms with van der Waals surface area (Å²) >= 11 is 0. The summed E-state index contributed by atoms with van der Waals surface area (Å²) in [6.07, 6.45) is 1.74. The predicted octanol–water partition coefficient (Wildman–Crippen LogP) is 0.574. The minimum absolute atomic E-state index is 0.304. The van der Waals surface area contributed by atoms with Crippen LogP contribution in [0.1, 0.15) is 26.8 Å². The van der Waals surface area contributed by atoms with Gasteiger partial charge < -0.3 is 0 Å². The van der Waals surface area contributed by atoms with Gasteiger partial charge in [0.15, 0.2) is 0 Å². The normalized spacial score (nSPS) is 35.5. The van der Waals surface area contributed by atoms with Crippen LogP contribution >= 0.6 is 0 Å². The molecule has 1 saturated heterocycles. The van der Waals surface area contributed by atoms with Gasteiger partial charge in [0.05, 0.1) is 6.04 Å². The quantitative estimate of drug-likeness (QED) is 0.675. The van der Waals surface area contributed by atoms with Gasteiger partial charge in [0, 0.05) is 30.5 Å². The predicted molar refractivity (Wildman–Crippen MR) is 55.2 cm³/mol. The maximum Gasteiger partial charge on any atom is 0.138 e. The molecule has 2 heterocycles. The lowest BCUT2D eigenvalue weighted by molar-refractivity contribution is 0.146. The van der Waals surface area contributed by atoms with Gasteiger partial charge in [0.25, 0.3) is 0 Å². The van der Waals surface area contributed by atoms with E-state index in [-0.39, 0.29) is 0 Å². The van der Waals surface area contributed by atoms with E-state index in [1.54, 1.807) is 6.33 Å². The maximum atomic E-state index is 3.98. The largest absolute Gasteiger partial charge is 0.298 e. The van der Waals surface area contributed by atoms with Crippen LogP contribution in [-0.4, -0.2) is 43.7 Å². The Bertz CT molecular complexity index is 340. The number of piperidine rings is 1. The molecule has 0 amide bonds. The molecule has 1 aliphatic heterocycles. The molecule has 2 aliphatic rings. The average molecular weight is 207 g/mol. The van der Waals surface area contributed by atoms with Gasteiger partial charge in [-0.1, -0.05) is 0 Å². The number of likely N-dealkylation sites (tertiary alicyclic amines) is 1. The number of nitrogens with zero attached hydrogens (tertiary/aromatic N) is 5. The van der Waals surface area contributed by atoms with Crippen LogP contribution in [-0.2, 0) is 0 Å². The zero-order valence-electron chi connectivity index (χ0n) is 9.46. The van der Waals surface area contributed by atoms with Gasteiger partial charge in [-0.15, -0.1) is 5.10 Å². The molecule has 0 bridgehead atoms. The number of hydrogen-bond donors (Lipinski definition) is 0. The van der Waals surface area contributed by atoms with Crippen molar-refractivity contribution in [3.63, 3.8) is 0 Å². The highest BCUT2D eigenvalue weighted by Gasteiger charge is 2.58. The summed E-state index contributed by atoms with van der Waals surface area (Å²) < 4.78 is 1.93. The number of hydrogen-bond acceptors (Lipinski definition) is 4. The van der Waals surface area contributed by atoms with Crippen LogP contribution in [0.5, 0.6) is 0 Å². The zero-order chi connectivity index (χ0) is 10.6. The summed E-state index contributed by atoms with van der Waals surface area (Å²) in [4.78, 5) is 2.56. The van der Waals surface area contributed by atoms with E-state index in [2.05, 4.69) is 41.2 Å². The van der Waals surface area contributed by atoms with Crippen molar-refractivity contribution in [2.24, 2.45) is 11.8 Å². The molecular weight excluding hydrogens is 190 g/mol. The summed E-state index contributed by atoms with van der Waals surface area (Å²) in [5.74, 6) is 1.54. The molecule has 3 atom stereocenters. The highest BCUT2D eigenvalue weighted by Crippen LogP contribution is 2.55. The van der Waals surface area contributed by atoms with Gasteiger partial charge >= 0.3 is 0 Å². The standard InChI is InChI=1S/C10H17N5/c1-10(2,3)14-4-7-8(5-14)9(7)15-6-11-12-13-15/h6-9H,4-5H2,1-3H3/t7-,8+,9+. The second kappa shape index (κ2) is 2.78. The fourth-order valence-electron chi connectivity index (χ4n) is 2.74. The SMILES string of the molecule is CC(C)(C)N1C[C@@H]2[C@H](C1)[C@H]2n1cnnn1. The van der Waals surface area contributed by atoms with Crippen molar-refractivity contribution in [2.75, 3.05) is 13.1 Å². The highest BCUT2D eigenvalue weighted by molar-refractivity contribution is 5.09. The van der Waals surface area contributed by atoms with Crippen LogP contribution in [0.2, 0.25) is 0 Å². The summed E-state index contributed by atoms with van der Waals surface area (Å²) in [7, 11) is 0. The van der Waals surface area contributed by atoms with Crippen molar-refractivity contribution in [1.29, 1.82) is 0 Å². The molecule has 5 heteroatoms. The Morgan fingerprint density at radius 3 is 2.33 bits per heavy atom. The molecule has 5 nitrogen and oxygen atoms in total. The van der Waals surface area contributed by atoms with Crippen LogP contribution in [0.25, 0.3) is 0 Å². The van der Waals surface area contributed by atoms with Crippen LogP contribution in [0, 0.1) is 11.8 Å². The van der Waals surface area contributed by atoms with Gasteiger partial charge in [-0.3, -0.25) is 4.90 Å². The molecule has 0 radical (unpaired) electrons. The molecule has 1 aromatic heterocycles. The van der Waals surface area contributed by atoms with E-state index >= 15 is 0 Å². The maximum absolute atomic E-state index is 3.98. The van der Waals surface area contributed by atoms with E-state index in [1.807, 2.05) is 4.68 Å². The first-order valence-electron chi connectivity index (χ1n) is 5.55. The molecular formula is C10H17N5. The zero-order valence-corrected chi connectivity index (χ0v) is 9.46. The summed E-state index contributed by atoms with van der Waals surface area (Å²) in [5.41, 5.74) is 0.304. The van der Waals surface area contributed by atoms with Gasteiger partial charge in [-0.2, -0.15) is 0 Å². The smallest absolute Gasteiger partial charge is 0.138 e. The third-order valence-electron chi connectivity index (χ3n) is 3.77. The van der Waals surface area contributed by atoms with Crippen LogP contribution in [0.4, 0.5) is 0 Å². The Kier molecular flexibility index (Phi) is 1.72. The first-order valence-corrected chi connectivity index (χ1v) is 5.55. The molecule has 0 aromatic carbocycles. The number of tetrazole rings is 1. The number of aromatic nitrogens is 4. The molecule has 1 saturated carbocycles. The Labute approximate surface area is 89.4 Å². The van der Waals surface area contributed by atoms with Gasteiger partial charge in [-0.25, -0.2) is 4.68 Å². The monoisotopic (exact) mass is 207 g/mol. The lowest BCUT2D eigenvalue weighted by Gasteiger charge is -2.33. The second-order valence-electron chi connectivity index (χ2n) is 5.68. The lowest BCUT2D eigenvalue weighted by Crippen LogP contribution is -2.41. The van der Waals surface area contributed by atoms with E-state index in [1.165, 1.54) is 13.1 Å². The molecule has 2 fully saturated rings. The minimum atomic E-state index is 0.304. The summed E-state index contributed by atoms with van der Waals surface area (Å²) in [6, 6.07) is 0.568. The molecule has 0 N–H and O–H groups in total. The molecule has 1 aliphatic carbocycles. The van der Waals surface area contributed by atoms with Gasteiger partial charge in [0.1, 0.15) is 6.33 Å². The Morgan fingerprint density at radius 1 is 1.20 bits per heavy atom. The van der Waals surface area contributed by atoms with E-state index in [9.17, 15) is 0 Å². The van der Waals surface area contributed by atoms with Crippen molar-refractivity contribution in [1.82, 2.24) is 25.1 Å². The van der Waals surface area contributed by atoms with Gasteiger partial charge in [-0.05, 0) is 31.2 Å². The Balaban J connectivity index is 1.67. The van der Waals surface area contributed by atoms with Crippen molar-refractivity contribution < 1.29 is 0 Å². The first-order chi connectivity index (χ1) is 7.07. The van der Waals surface area contributed by atoms with Crippen molar-refractivity contribution >= 4 is 0 Å². The molecule has 1 aromatic rings.